The number of alkyl halides is 6. The number of ether oxygens (including phenoxy) is 2. The van der Waals surface area contributed by atoms with Gasteiger partial charge in [-0.1, -0.05) is 0 Å². The number of morpholine rings is 1. The van der Waals surface area contributed by atoms with Crippen molar-refractivity contribution in [3.05, 3.63) is 53.2 Å². The topological polar surface area (TPSA) is 122 Å². The Morgan fingerprint density at radius 3 is 2.10 bits per heavy atom. The summed E-state index contributed by atoms with van der Waals surface area (Å²) in [5, 5.41) is 14.2. The molecule has 0 aromatic carbocycles. The Hall–Kier alpha value is -3.17. The minimum atomic E-state index is -5.08. The Balaban J connectivity index is 0.000000317. The highest BCUT2D eigenvalue weighted by Crippen LogP contribution is 2.33. The molecule has 0 radical (unpaired) electrons. The Morgan fingerprint density at radius 1 is 1.05 bits per heavy atom. The van der Waals surface area contributed by atoms with E-state index >= 15 is 0 Å². The third kappa shape index (κ3) is 10.1. The van der Waals surface area contributed by atoms with Crippen LogP contribution in [0.5, 0.6) is 0 Å². The lowest BCUT2D eigenvalue weighted by Gasteiger charge is -2.38. The van der Waals surface area contributed by atoms with Crippen LogP contribution in [0.25, 0.3) is 0 Å². The molecule has 2 N–H and O–H groups in total. The second-order valence-corrected chi connectivity index (χ2v) is 8.71. The first-order valence-corrected chi connectivity index (χ1v) is 11.6. The number of carboxylic acids is 2. The van der Waals surface area contributed by atoms with E-state index in [1.54, 1.807) is 0 Å². The molecule has 1 saturated carbocycles. The van der Waals surface area contributed by atoms with Crippen LogP contribution in [0.1, 0.15) is 35.5 Å². The number of aliphatic carboxylic acids is 2. The van der Waals surface area contributed by atoms with Crippen LogP contribution < -0.4 is 0 Å². The smallest absolute Gasteiger partial charge is 0.475 e. The molecular weight excluding hydrogens is 542 g/mol. The Kier molecular flexibility index (Phi) is 11.3. The molecule has 2 fully saturated rings. The van der Waals surface area contributed by atoms with Crippen LogP contribution in [-0.4, -0.2) is 75.8 Å². The number of aryl methyl sites for hydroxylation is 2. The van der Waals surface area contributed by atoms with Gasteiger partial charge in [0.15, 0.2) is 0 Å². The lowest BCUT2D eigenvalue weighted by molar-refractivity contribution is -0.193. The predicted molar refractivity (Wildman–Crippen MR) is 122 cm³/mol. The standard InChI is InChI=1S/C20H26N2O3.2C2HF3O2/c1-14-11-17(25-15(14)2)12-22-9-10-23-20-18(22)3-4-19(20)24-13-16-5-7-21-8-6-16;2*3-2(4,5)1(6)7/h5-8,11,18-20H,3-4,9-10,12-13H2,1-2H3;2*(H,6,7)/t18-,19-,20+;;/m0../s1. The average molecular weight is 570 g/mol. The molecule has 218 valence electrons. The molecule has 0 unspecified atom stereocenters. The molecule has 3 heterocycles. The van der Waals surface area contributed by atoms with Crippen LogP contribution in [0.3, 0.4) is 0 Å². The van der Waals surface area contributed by atoms with Gasteiger partial charge in [-0.2, -0.15) is 26.3 Å². The molecule has 2 aromatic heterocycles. The van der Waals surface area contributed by atoms with E-state index < -0.39 is 24.3 Å². The molecule has 1 saturated heterocycles. The van der Waals surface area contributed by atoms with Gasteiger partial charge >= 0.3 is 24.3 Å². The minimum absolute atomic E-state index is 0.160. The fraction of sp³-hybridized carbons (Fsp3) is 0.542. The number of carboxylic acid groups (broad SMARTS) is 2. The molecule has 39 heavy (non-hydrogen) atoms. The summed E-state index contributed by atoms with van der Waals surface area (Å²) in [5.41, 5.74) is 2.39. The van der Waals surface area contributed by atoms with Gasteiger partial charge in [-0.15, -0.1) is 0 Å². The largest absolute Gasteiger partial charge is 0.490 e. The number of pyridine rings is 1. The maximum Gasteiger partial charge on any atom is 0.490 e. The molecule has 2 aromatic rings. The third-order valence-electron chi connectivity index (χ3n) is 5.92. The quantitative estimate of drug-likeness (QED) is 0.500. The average Bonchev–Trinajstić information content (AvgIpc) is 3.40. The molecule has 0 spiro atoms. The van der Waals surface area contributed by atoms with Crippen LogP contribution in [0.2, 0.25) is 0 Å². The van der Waals surface area contributed by atoms with Crippen molar-refractivity contribution < 1.29 is 60.0 Å². The maximum atomic E-state index is 10.6. The van der Waals surface area contributed by atoms with Crippen molar-refractivity contribution in [1.29, 1.82) is 0 Å². The summed E-state index contributed by atoms with van der Waals surface area (Å²) in [6.07, 6.45) is -4.06. The van der Waals surface area contributed by atoms with Crippen molar-refractivity contribution >= 4 is 11.9 Å². The number of hydrogen-bond donors (Lipinski definition) is 2. The summed E-state index contributed by atoms with van der Waals surface area (Å²) in [6, 6.07) is 6.58. The predicted octanol–water partition coefficient (Wildman–Crippen LogP) is 4.51. The van der Waals surface area contributed by atoms with E-state index in [1.165, 1.54) is 5.56 Å². The van der Waals surface area contributed by atoms with E-state index in [0.29, 0.717) is 12.6 Å². The van der Waals surface area contributed by atoms with Gasteiger partial charge in [0.2, 0.25) is 0 Å². The lowest BCUT2D eigenvalue weighted by Crippen LogP contribution is -2.51. The van der Waals surface area contributed by atoms with E-state index in [9.17, 15) is 26.3 Å². The highest BCUT2D eigenvalue weighted by Gasteiger charge is 2.43. The summed E-state index contributed by atoms with van der Waals surface area (Å²) < 4.78 is 81.6. The van der Waals surface area contributed by atoms with E-state index in [0.717, 1.165) is 49.6 Å². The molecule has 3 atom stereocenters. The maximum absolute atomic E-state index is 10.6. The van der Waals surface area contributed by atoms with Gasteiger partial charge in [-0.25, -0.2) is 9.59 Å². The van der Waals surface area contributed by atoms with Gasteiger partial charge in [0.05, 0.1) is 32.0 Å². The van der Waals surface area contributed by atoms with E-state index in [2.05, 4.69) is 22.9 Å². The Labute approximate surface area is 219 Å². The van der Waals surface area contributed by atoms with Crippen LogP contribution in [0.15, 0.2) is 35.0 Å². The molecule has 4 rings (SSSR count). The summed E-state index contributed by atoms with van der Waals surface area (Å²) in [4.78, 5) is 24.3. The highest BCUT2D eigenvalue weighted by atomic mass is 19.4. The summed E-state index contributed by atoms with van der Waals surface area (Å²) >= 11 is 0. The summed E-state index contributed by atoms with van der Waals surface area (Å²) in [7, 11) is 0. The van der Waals surface area contributed by atoms with Gasteiger partial charge in [-0.3, -0.25) is 9.88 Å². The van der Waals surface area contributed by atoms with Gasteiger partial charge in [-0.05, 0) is 56.0 Å². The number of carbonyl (C=O) groups is 2. The van der Waals surface area contributed by atoms with Crippen molar-refractivity contribution in [2.24, 2.45) is 0 Å². The first-order valence-electron chi connectivity index (χ1n) is 11.6. The zero-order valence-electron chi connectivity index (χ0n) is 21.0. The minimum Gasteiger partial charge on any atom is -0.475 e. The molecule has 0 amide bonds. The van der Waals surface area contributed by atoms with Crippen LogP contribution in [0, 0.1) is 13.8 Å². The summed E-state index contributed by atoms with van der Waals surface area (Å²) in [5.74, 6) is -3.44. The second-order valence-electron chi connectivity index (χ2n) is 8.71. The van der Waals surface area contributed by atoms with Crippen molar-refractivity contribution in [1.82, 2.24) is 9.88 Å². The van der Waals surface area contributed by atoms with E-state index in [-0.39, 0.29) is 12.2 Å². The van der Waals surface area contributed by atoms with Gasteiger partial charge < -0.3 is 24.1 Å². The Morgan fingerprint density at radius 2 is 1.62 bits per heavy atom. The molecule has 15 heteroatoms. The van der Waals surface area contributed by atoms with Gasteiger partial charge in [0.1, 0.15) is 11.5 Å². The third-order valence-corrected chi connectivity index (χ3v) is 5.92. The number of nitrogens with zero attached hydrogens (tertiary/aromatic N) is 2. The number of furan rings is 1. The fourth-order valence-corrected chi connectivity index (χ4v) is 3.98. The van der Waals surface area contributed by atoms with Crippen LogP contribution >= 0.6 is 0 Å². The second kappa shape index (κ2) is 13.8. The zero-order chi connectivity index (χ0) is 29.4. The highest BCUT2D eigenvalue weighted by molar-refractivity contribution is 5.73. The number of aromatic nitrogens is 1. The van der Waals surface area contributed by atoms with Crippen LogP contribution in [-0.2, 0) is 32.2 Å². The van der Waals surface area contributed by atoms with E-state index in [1.807, 2.05) is 31.5 Å². The van der Waals surface area contributed by atoms with Crippen molar-refractivity contribution in [3.63, 3.8) is 0 Å². The summed E-state index contributed by atoms with van der Waals surface area (Å²) in [6.45, 7) is 7.32. The lowest BCUT2D eigenvalue weighted by atomic mass is 10.1. The number of rotatable bonds is 5. The monoisotopic (exact) mass is 570 g/mol. The van der Waals surface area contributed by atoms with Gasteiger partial charge in [0, 0.05) is 25.0 Å². The normalized spacial score (nSPS) is 21.2. The fourth-order valence-electron chi connectivity index (χ4n) is 3.98. The number of hydrogen-bond acceptors (Lipinski definition) is 7. The van der Waals surface area contributed by atoms with E-state index in [4.69, 9.17) is 33.7 Å². The first kappa shape index (κ1) is 32.0. The molecule has 1 aliphatic heterocycles. The number of fused-ring (bicyclic) bond motifs is 1. The molecule has 1 aliphatic carbocycles. The molecule has 0 bridgehead atoms. The number of halogens is 6. The Bertz CT molecular complexity index is 1030. The molecule has 9 nitrogen and oxygen atoms in total. The molecular formula is C24H28F6N2O7. The SMILES string of the molecule is Cc1cc(CN2CCO[C@H]3[C@@H](OCc4ccncc4)CC[C@@H]32)oc1C.O=C(O)C(F)(F)F.O=C(O)C(F)(F)F. The van der Waals surface area contributed by atoms with Crippen molar-refractivity contribution in [3.8, 4) is 0 Å². The van der Waals surface area contributed by atoms with Crippen LogP contribution in [0.4, 0.5) is 26.3 Å². The molecule has 2 aliphatic rings. The van der Waals surface area contributed by atoms with Crippen molar-refractivity contribution in [2.75, 3.05) is 13.2 Å². The first-order chi connectivity index (χ1) is 18.1. The van der Waals surface area contributed by atoms with Crippen molar-refractivity contribution in [2.45, 2.75) is 70.4 Å². The zero-order valence-corrected chi connectivity index (χ0v) is 21.0. The van der Waals surface area contributed by atoms with Gasteiger partial charge in [0.25, 0.3) is 0 Å².